The molecule has 0 saturated carbocycles. The number of carbonyl (C=O) groups is 1. The first kappa shape index (κ1) is 15.9. The van der Waals surface area contributed by atoms with Gasteiger partial charge < -0.3 is 11.1 Å². The molecule has 0 aliphatic heterocycles. The second kappa shape index (κ2) is 6.56. The van der Waals surface area contributed by atoms with E-state index in [1.165, 1.54) is 4.88 Å². The van der Waals surface area contributed by atoms with Crippen molar-refractivity contribution >= 4 is 28.8 Å². The van der Waals surface area contributed by atoms with E-state index in [1.807, 2.05) is 19.9 Å². The molecule has 0 spiro atoms. The number of benzene rings is 1. The maximum Gasteiger partial charge on any atom is 0.248 e. The lowest BCUT2D eigenvalue weighted by Crippen LogP contribution is -2.18. The fourth-order valence-electron chi connectivity index (χ4n) is 2.15. The Morgan fingerprint density at radius 3 is 2.71 bits per heavy atom. The maximum absolute atomic E-state index is 11.1. The van der Waals surface area contributed by atoms with Gasteiger partial charge in [0.25, 0.3) is 0 Å². The summed E-state index contributed by atoms with van der Waals surface area (Å²) in [5.41, 5.74) is 7.65. The van der Waals surface area contributed by atoms with Crippen LogP contribution in [-0.4, -0.2) is 10.9 Å². The molecule has 3 N–H and O–H groups in total. The molecule has 2 rings (SSSR count). The Balaban J connectivity index is 2.06. The van der Waals surface area contributed by atoms with Crippen molar-refractivity contribution in [1.82, 2.24) is 10.3 Å². The zero-order chi connectivity index (χ0) is 15.6. The number of nitrogens with zero attached hydrogens (tertiary/aromatic N) is 1. The normalized spacial score (nSPS) is 12.4. The van der Waals surface area contributed by atoms with Crippen LogP contribution >= 0.6 is 22.9 Å². The predicted molar refractivity (Wildman–Crippen MR) is 86.8 cm³/mol. The molecule has 4 nitrogen and oxygen atoms in total. The van der Waals surface area contributed by atoms with E-state index in [9.17, 15) is 4.79 Å². The van der Waals surface area contributed by atoms with Crippen molar-refractivity contribution in [2.45, 2.75) is 33.4 Å². The van der Waals surface area contributed by atoms with Gasteiger partial charge in [0.1, 0.15) is 0 Å². The van der Waals surface area contributed by atoms with Crippen molar-refractivity contribution in [3.63, 3.8) is 0 Å². The minimum absolute atomic E-state index is 0.197. The highest BCUT2D eigenvalue weighted by molar-refractivity contribution is 7.11. The summed E-state index contributed by atoms with van der Waals surface area (Å²) in [7, 11) is 0. The van der Waals surface area contributed by atoms with E-state index in [4.69, 9.17) is 17.3 Å². The first-order valence-electron chi connectivity index (χ1n) is 6.64. The van der Waals surface area contributed by atoms with Gasteiger partial charge in [0.05, 0.1) is 10.7 Å². The Morgan fingerprint density at radius 1 is 1.48 bits per heavy atom. The monoisotopic (exact) mass is 323 g/mol. The van der Waals surface area contributed by atoms with Crippen LogP contribution in [0.4, 0.5) is 0 Å². The first-order chi connectivity index (χ1) is 9.88. The van der Waals surface area contributed by atoms with Gasteiger partial charge in [0.2, 0.25) is 5.91 Å². The van der Waals surface area contributed by atoms with E-state index in [2.05, 4.69) is 17.2 Å². The number of nitrogens with one attached hydrogen (secondary N) is 1. The molecule has 1 amide bonds. The van der Waals surface area contributed by atoms with Crippen LogP contribution in [0.5, 0.6) is 0 Å². The molecule has 1 aromatic heterocycles. The zero-order valence-corrected chi connectivity index (χ0v) is 13.8. The molecule has 1 atom stereocenters. The highest BCUT2D eigenvalue weighted by Crippen LogP contribution is 2.25. The van der Waals surface area contributed by atoms with Crippen LogP contribution in [0.15, 0.2) is 18.2 Å². The lowest BCUT2D eigenvalue weighted by molar-refractivity contribution is 0.100. The molecule has 0 bridgehead atoms. The number of hydrogen-bond donors (Lipinski definition) is 2. The summed E-state index contributed by atoms with van der Waals surface area (Å²) in [4.78, 5) is 16.8. The molecule has 0 aliphatic rings. The van der Waals surface area contributed by atoms with E-state index < -0.39 is 5.91 Å². The Hall–Kier alpha value is -1.43. The average Bonchev–Trinajstić information content (AvgIpc) is 2.75. The predicted octanol–water partition coefficient (Wildman–Crippen LogP) is 3.36. The van der Waals surface area contributed by atoms with Crippen LogP contribution in [0.25, 0.3) is 0 Å². The lowest BCUT2D eigenvalue weighted by atomic mass is 10.1. The number of carbonyl (C=O) groups excluding carboxylic acids is 1. The van der Waals surface area contributed by atoms with Gasteiger partial charge in [-0.25, -0.2) is 4.98 Å². The number of hydrogen-bond acceptors (Lipinski definition) is 4. The van der Waals surface area contributed by atoms with Crippen molar-refractivity contribution in [2.24, 2.45) is 5.73 Å². The lowest BCUT2D eigenvalue weighted by Gasteiger charge is -2.14. The summed E-state index contributed by atoms with van der Waals surface area (Å²) in [5, 5.41) is 5.04. The number of amides is 1. The SMILES string of the molecule is Cc1nc(C)c(C(C)NCc2ccc(C(N)=O)cc2Cl)s1. The summed E-state index contributed by atoms with van der Waals surface area (Å²) >= 11 is 7.88. The van der Waals surface area contributed by atoms with Crippen LogP contribution in [-0.2, 0) is 6.54 Å². The molecule has 1 heterocycles. The van der Waals surface area contributed by atoms with E-state index in [1.54, 1.807) is 23.5 Å². The molecule has 6 heteroatoms. The summed E-state index contributed by atoms with van der Waals surface area (Å²) < 4.78 is 0. The van der Waals surface area contributed by atoms with E-state index in [0.29, 0.717) is 17.1 Å². The Morgan fingerprint density at radius 2 is 2.19 bits per heavy atom. The molecule has 0 aliphatic carbocycles. The van der Waals surface area contributed by atoms with Crippen LogP contribution in [0.3, 0.4) is 0 Å². The Bertz CT molecular complexity index is 669. The largest absolute Gasteiger partial charge is 0.366 e. The maximum atomic E-state index is 11.1. The number of halogens is 1. The van der Waals surface area contributed by atoms with Crippen LogP contribution in [0.1, 0.15) is 44.5 Å². The number of thiazole rings is 1. The third-order valence-corrected chi connectivity index (χ3v) is 4.88. The van der Waals surface area contributed by atoms with Gasteiger partial charge in [0.15, 0.2) is 0 Å². The molecular formula is C15H18ClN3OS. The van der Waals surface area contributed by atoms with Gasteiger partial charge in [-0.2, -0.15) is 0 Å². The van der Waals surface area contributed by atoms with Crippen molar-refractivity contribution in [2.75, 3.05) is 0 Å². The standard InChI is InChI=1S/C15H18ClN3OS/c1-8(14-9(2)19-10(3)21-14)18-7-12-5-4-11(15(17)20)6-13(12)16/h4-6,8,18H,7H2,1-3H3,(H2,17,20). The summed E-state index contributed by atoms with van der Waals surface area (Å²) in [6.45, 7) is 6.75. The van der Waals surface area contributed by atoms with E-state index in [-0.39, 0.29) is 6.04 Å². The number of rotatable bonds is 5. The number of nitrogens with two attached hydrogens (primary N) is 1. The zero-order valence-electron chi connectivity index (χ0n) is 12.2. The second-order valence-corrected chi connectivity index (χ2v) is 6.60. The molecule has 1 unspecified atom stereocenters. The van der Waals surface area contributed by atoms with Crippen LogP contribution < -0.4 is 11.1 Å². The summed E-state index contributed by atoms with van der Waals surface area (Å²) in [5.74, 6) is -0.472. The fourth-order valence-corrected chi connectivity index (χ4v) is 3.35. The molecule has 2 aromatic rings. The minimum Gasteiger partial charge on any atom is -0.366 e. The molecule has 0 saturated heterocycles. The number of aromatic nitrogens is 1. The molecule has 21 heavy (non-hydrogen) atoms. The number of primary amides is 1. The topological polar surface area (TPSA) is 68.0 Å². The molecule has 0 fully saturated rings. The molecular weight excluding hydrogens is 306 g/mol. The number of aryl methyl sites for hydroxylation is 2. The highest BCUT2D eigenvalue weighted by atomic mass is 35.5. The van der Waals surface area contributed by atoms with Crippen molar-refractivity contribution < 1.29 is 4.79 Å². The van der Waals surface area contributed by atoms with E-state index in [0.717, 1.165) is 16.3 Å². The van der Waals surface area contributed by atoms with Crippen LogP contribution in [0, 0.1) is 13.8 Å². The van der Waals surface area contributed by atoms with Gasteiger partial charge in [-0.3, -0.25) is 4.79 Å². The third-order valence-electron chi connectivity index (χ3n) is 3.27. The Kier molecular flexibility index (Phi) is 4.98. The third kappa shape index (κ3) is 3.81. The second-order valence-electron chi connectivity index (χ2n) is 4.96. The smallest absolute Gasteiger partial charge is 0.248 e. The average molecular weight is 324 g/mol. The van der Waals surface area contributed by atoms with Gasteiger partial charge in [-0.15, -0.1) is 11.3 Å². The molecule has 112 valence electrons. The minimum atomic E-state index is -0.472. The molecule has 1 aromatic carbocycles. The first-order valence-corrected chi connectivity index (χ1v) is 7.83. The molecule has 0 radical (unpaired) electrons. The van der Waals surface area contributed by atoms with Crippen molar-refractivity contribution in [3.05, 3.63) is 49.9 Å². The van der Waals surface area contributed by atoms with Gasteiger partial charge in [0, 0.05) is 28.0 Å². The van der Waals surface area contributed by atoms with Gasteiger partial charge >= 0.3 is 0 Å². The van der Waals surface area contributed by atoms with E-state index >= 15 is 0 Å². The van der Waals surface area contributed by atoms with Crippen molar-refractivity contribution in [3.8, 4) is 0 Å². The Labute approximate surface area is 133 Å². The van der Waals surface area contributed by atoms with Gasteiger partial charge in [-0.05, 0) is 38.5 Å². The fraction of sp³-hybridized carbons (Fsp3) is 0.333. The van der Waals surface area contributed by atoms with Gasteiger partial charge in [-0.1, -0.05) is 17.7 Å². The summed E-state index contributed by atoms with van der Waals surface area (Å²) in [6, 6.07) is 5.32. The highest BCUT2D eigenvalue weighted by Gasteiger charge is 2.13. The van der Waals surface area contributed by atoms with Crippen LogP contribution in [0.2, 0.25) is 5.02 Å². The summed E-state index contributed by atoms with van der Waals surface area (Å²) in [6.07, 6.45) is 0. The quantitative estimate of drug-likeness (QED) is 0.886. The van der Waals surface area contributed by atoms with Crippen molar-refractivity contribution in [1.29, 1.82) is 0 Å².